The van der Waals surface area contributed by atoms with Crippen molar-refractivity contribution in [3.8, 4) is 0 Å². The van der Waals surface area contributed by atoms with Gasteiger partial charge in [-0.25, -0.2) is 0 Å². The molecule has 2 aromatic rings. The highest BCUT2D eigenvalue weighted by Crippen LogP contribution is 2.25. The number of anilines is 2. The monoisotopic (exact) mass is 394 g/mol. The molecule has 2 aromatic carbocycles. The first-order chi connectivity index (χ1) is 12.3. The molecule has 0 aliphatic rings. The highest BCUT2D eigenvalue weighted by Gasteiger charge is 2.16. The number of halogens is 2. The molecule has 0 radical (unpaired) electrons. The Morgan fingerprint density at radius 2 is 1.58 bits per heavy atom. The van der Waals surface area contributed by atoms with E-state index in [2.05, 4.69) is 10.6 Å². The molecular weight excluding hydrogens is 373 g/mol. The van der Waals surface area contributed by atoms with Gasteiger partial charge in [-0.1, -0.05) is 35.3 Å². The van der Waals surface area contributed by atoms with Crippen LogP contribution in [-0.4, -0.2) is 32.0 Å². The minimum atomic E-state index is -0.244. The minimum absolute atomic E-state index is 0.128. The second-order valence-electron chi connectivity index (χ2n) is 6.28. The lowest BCUT2D eigenvalue weighted by molar-refractivity contribution is -0.862. The van der Waals surface area contributed by atoms with Gasteiger partial charge in [0.15, 0.2) is 13.1 Å². The number of carbonyl (C=O) groups is 2. The molecule has 0 aliphatic carbocycles. The lowest BCUT2D eigenvalue weighted by Crippen LogP contribution is -3.11. The van der Waals surface area contributed by atoms with E-state index in [0.29, 0.717) is 15.7 Å². The van der Waals surface area contributed by atoms with Gasteiger partial charge in [-0.2, -0.15) is 0 Å². The molecule has 0 aromatic heterocycles. The summed E-state index contributed by atoms with van der Waals surface area (Å²) in [6, 6.07) is 10.6. The number of hydrogen-bond donors (Lipinski definition) is 3. The lowest BCUT2D eigenvalue weighted by atomic mass is 10.1. The van der Waals surface area contributed by atoms with Crippen molar-refractivity contribution >= 4 is 46.4 Å². The second-order valence-corrected chi connectivity index (χ2v) is 7.12. The predicted molar refractivity (Wildman–Crippen MR) is 106 cm³/mol. The Morgan fingerprint density at radius 1 is 0.962 bits per heavy atom. The number of likely N-dealkylation sites (N-methyl/N-ethyl adjacent to an activating group) is 1. The number of hydrogen-bond acceptors (Lipinski definition) is 2. The molecule has 0 bridgehead atoms. The van der Waals surface area contributed by atoms with Crippen LogP contribution in [0.2, 0.25) is 10.0 Å². The third-order valence-electron chi connectivity index (χ3n) is 4.01. The van der Waals surface area contributed by atoms with Crippen LogP contribution in [-0.2, 0) is 9.59 Å². The van der Waals surface area contributed by atoms with Crippen molar-refractivity contribution in [2.75, 3.05) is 30.8 Å². The SMILES string of the molecule is Cc1cccc(NC(=O)C[NH+](C)CC(=O)Nc2cc(Cl)ccc2Cl)c1C. The molecule has 26 heavy (non-hydrogen) atoms. The third-order valence-corrected chi connectivity index (χ3v) is 4.57. The first-order valence-corrected chi connectivity index (χ1v) is 8.94. The van der Waals surface area contributed by atoms with E-state index < -0.39 is 0 Å². The molecule has 1 unspecified atom stereocenters. The van der Waals surface area contributed by atoms with Crippen LogP contribution in [0.15, 0.2) is 36.4 Å². The van der Waals surface area contributed by atoms with Crippen LogP contribution in [0, 0.1) is 13.8 Å². The van der Waals surface area contributed by atoms with Crippen LogP contribution >= 0.6 is 23.2 Å². The molecular formula is C19H22Cl2N3O2+. The molecule has 3 N–H and O–H groups in total. The Hall–Kier alpha value is -2.08. The fraction of sp³-hybridized carbons (Fsp3) is 0.263. The molecule has 2 rings (SSSR count). The summed E-state index contributed by atoms with van der Waals surface area (Å²) < 4.78 is 0. The maximum atomic E-state index is 12.2. The number of amides is 2. The van der Waals surface area contributed by atoms with Gasteiger partial charge in [0.05, 0.1) is 17.8 Å². The van der Waals surface area contributed by atoms with Gasteiger partial charge in [-0.15, -0.1) is 0 Å². The van der Waals surface area contributed by atoms with Crippen LogP contribution in [0.25, 0.3) is 0 Å². The Labute approximate surface area is 163 Å². The number of benzene rings is 2. The van der Waals surface area contributed by atoms with E-state index in [9.17, 15) is 9.59 Å². The molecule has 0 saturated heterocycles. The highest BCUT2D eigenvalue weighted by atomic mass is 35.5. The van der Waals surface area contributed by atoms with Gasteiger partial charge < -0.3 is 15.5 Å². The first-order valence-electron chi connectivity index (χ1n) is 8.18. The highest BCUT2D eigenvalue weighted by molar-refractivity contribution is 6.35. The lowest BCUT2D eigenvalue weighted by Gasteiger charge is -2.15. The van der Waals surface area contributed by atoms with E-state index in [1.807, 2.05) is 32.0 Å². The molecule has 7 heteroatoms. The topological polar surface area (TPSA) is 62.6 Å². The van der Waals surface area contributed by atoms with Crippen LogP contribution in [0.1, 0.15) is 11.1 Å². The zero-order valence-electron chi connectivity index (χ0n) is 15.0. The van der Waals surface area contributed by atoms with E-state index in [-0.39, 0.29) is 24.9 Å². The summed E-state index contributed by atoms with van der Waals surface area (Å²) in [6.07, 6.45) is 0. The van der Waals surface area contributed by atoms with Crippen LogP contribution in [0.5, 0.6) is 0 Å². The third kappa shape index (κ3) is 5.73. The van der Waals surface area contributed by atoms with Crippen LogP contribution in [0.4, 0.5) is 11.4 Å². The minimum Gasteiger partial charge on any atom is -0.322 e. The summed E-state index contributed by atoms with van der Waals surface area (Å²) in [4.78, 5) is 25.1. The summed E-state index contributed by atoms with van der Waals surface area (Å²) in [6.45, 7) is 4.25. The van der Waals surface area contributed by atoms with Gasteiger partial charge in [0, 0.05) is 10.7 Å². The van der Waals surface area contributed by atoms with Crippen LogP contribution < -0.4 is 15.5 Å². The number of carbonyl (C=O) groups excluding carboxylic acids is 2. The molecule has 5 nitrogen and oxygen atoms in total. The fourth-order valence-electron chi connectivity index (χ4n) is 2.48. The quantitative estimate of drug-likeness (QED) is 0.705. The molecule has 0 fully saturated rings. The summed E-state index contributed by atoms with van der Waals surface area (Å²) >= 11 is 11.9. The standard InChI is InChI=1S/C19H21Cl2N3O2/c1-12-5-4-6-16(13(12)2)22-18(25)10-24(3)11-19(26)23-17-9-14(20)7-8-15(17)21/h4-9H,10-11H2,1-3H3,(H,22,25)(H,23,26)/p+1. The normalized spacial score (nSPS) is 11.7. The Morgan fingerprint density at radius 3 is 2.23 bits per heavy atom. The smallest absolute Gasteiger partial charge is 0.279 e. The van der Waals surface area contributed by atoms with Crippen molar-refractivity contribution in [1.29, 1.82) is 0 Å². The fourth-order valence-corrected chi connectivity index (χ4v) is 2.82. The van der Waals surface area contributed by atoms with Crippen molar-refractivity contribution in [3.63, 3.8) is 0 Å². The van der Waals surface area contributed by atoms with Gasteiger partial charge in [-0.05, 0) is 49.2 Å². The molecule has 2 amide bonds. The number of quaternary nitrogens is 1. The summed E-state index contributed by atoms with van der Waals surface area (Å²) in [5.74, 6) is -0.393. The van der Waals surface area contributed by atoms with E-state index in [4.69, 9.17) is 23.2 Å². The Balaban J connectivity index is 1.88. The molecule has 0 aliphatic heterocycles. The van der Waals surface area contributed by atoms with Gasteiger partial charge in [0.25, 0.3) is 11.8 Å². The molecule has 1 atom stereocenters. The Bertz CT molecular complexity index is 806. The van der Waals surface area contributed by atoms with Crippen molar-refractivity contribution in [1.82, 2.24) is 0 Å². The second kappa shape index (κ2) is 9.03. The van der Waals surface area contributed by atoms with Gasteiger partial charge >= 0.3 is 0 Å². The van der Waals surface area contributed by atoms with Crippen LogP contribution in [0.3, 0.4) is 0 Å². The average Bonchev–Trinajstić information content (AvgIpc) is 2.55. The molecule has 0 spiro atoms. The molecule has 0 heterocycles. The molecule has 138 valence electrons. The maximum Gasteiger partial charge on any atom is 0.279 e. The average molecular weight is 395 g/mol. The van der Waals surface area contributed by atoms with Gasteiger partial charge in [0.1, 0.15) is 0 Å². The van der Waals surface area contributed by atoms with Crippen molar-refractivity contribution < 1.29 is 14.5 Å². The largest absolute Gasteiger partial charge is 0.322 e. The zero-order chi connectivity index (χ0) is 19.3. The summed E-state index contributed by atoms with van der Waals surface area (Å²) in [7, 11) is 1.78. The molecule has 0 saturated carbocycles. The zero-order valence-corrected chi connectivity index (χ0v) is 16.5. The van der Waals surface area contributed by atoms with E-state index in [1.165, 1.54) is 0 Å². The summed E-state index contributed by atoms with van der Waals surface area (Å²) in [5.41, 5.74) is 3.39. The Kier molecular flexibility index (Phi) is 7.03. The van der Waals surface area contributed by atoms with E-state index >= 15 is 0 Å². The van der Waals surface area contributed by atoms with Crippen molar-refractivity contribution in [2.45, 2.75) is 13.8 Å². The van der Waals surface area contributed by atoms with Gasteiger partial charge in [0.2, 0.25) is 0 Å². The maximum absolute atomic E-state index is 12.2. The summed E-state index contributed by atoms with van der Waals surface area (Å²) in [5, 5.41) is 6.50. The van der Waals surface area contributed by atoms with E-state index in [1.54, 1.807) is 25.2 Å². The van der Waals surface area contributed by atoms with Gasteiger partial charge in [-0.3, -0.25) is 9.59 Å². The van der Waals surface area contributed by atoms with Crippen molar-refractivity contribution in [3.05, 3.63) is 57.6 Å². The van der Waals surface area contributed by atoms with E-state index in [0.717, 1.165) is 21.7 Å². The number of aryl methyl sites for hydroxylation is 1. The number of rotatable bonds is 6. The first kappa shape index (κ1) is 20.2. The number of nitrogens with one attached hydrogen (secondary N) is 3. The predicted octanol–water partition coefficient (Wildman–Crippen LogP) is 2.70. The van der Waals surface area contributed by atoms with Crippen molar-refractivity contribution in [2.24, 2.45) is 0 Å².